The largest absolute Gasteiger partial charge is 0.494 e. The number of anilines is 1. The highest BCUT2D eigenvalue weighted by atomic mass is 32.2. The van der Waals surface area contributed by atoms with E-state index in [1.165, 1.54) is 68.3 Å². The van der Waals surface area contributed by atoms with E-state index < -0.39 is 0 Å². The first kappa shape index (κ1) is 29.2. The van der Waals surface area contributed by atoms with Crippen LogP contribution in [0, 0.1) is 0 Å². The Kier molecular flexibility index (Phi) is 13.0. The van der Waals surface area contributed by atoms with Crippen LogP contribution in [0.1, 0.15) is 96.1 Å². The first-order valence-electron chi connectivity index (χ1n) is 14.2. The van der Waals surface area contributed by atoms with E-state index in [4.69, 9.17) is 4.74 Å². The minimum absolute atomic E-state index is 0.0407. The first-order chi connectivity index (χ1) is 18.0. The van der Waals surface area contributed by atoms with Gasteiger partial charge in [0.25, 0.3) is 0 Å². The number of benzene rings is 2. The molecule has 0 aliphatic carbocycles. The van der Waals surface area contributed by atoms with Gasteiger partial charge in [-0.05, 0) is 53.6 Å². The number of amides is 1. The number of rotatable bonds is 17. The molecule has 1 aliphatic heterocycles. The van der Waals surface area contributed by atoms with E-state index in [9.17, 15) is 4.79 Å². The van der Waals surface area contributed by atoms with E-state index in [0.29, 0.717) is 6.54 Å². The third kappa shape index (κ3) is 10.9. The molecule has 0 saturated heterocycles. The molecule has 0 N–H and O–H groups in total. The standard InChI is InChI=1S/C32H46N2O2S/c1-4-5-6-7-8-9-10-11-12-13-21-36-32-16-14-15-30(22-32)25-34(28(3)35)31-19-17-29(18-20-31)24-33-23-27(2)37-26-33/h14-20,22-23H,4-13,21,24-26H2,1-3H3. The van der Waals surface area contributed by atoms with Gasteiger partial charge in [0.1, 0.15) is 5.75 Å². The van der Waals surface area contributed by atoms with Crippen LogP contribution in [0.3, 0.4) is 0 Å². The van der Waals surface area contributed by atoms with Crippen molar-refractivity contribution in [3.63, 3.8) is 0 Å². The summed E-state index contributed by atoms with van der Waals surface area (Å²) in [7, 11) is 0. The van der Waals surface area contributed by atoms with Crippen molar-refractivity contribution in [3.8, 4) is 5.75 Å². The van der Waals surface area contributed by atoms with Crippen molar-refractivity contribution < 1.29 is 9.53 Å². The summed E-state index contributed by atoms with van der Waals surface area (Å²) in [6.45, 7) is 8.23. The molecule has 0 aromatic heterocycles. The minimum atomic E-state index is 0.0407. The zero-order valence-electron chi connectivity index (χ0n) is 23.2. The van der Waals surface area contributed by atoms with Crippen LogP contribution in [-0.4, -0.2) is 23.3 Å². The molecule has 0 bridgehead atoms. The van der Waals surface area contributed by atoms with Crippen LogP contribution in [0.2, 0.25) is 0 Å². The molecule has 0 fully saturated rings. The number of allylic oxidation sites excluding steroid dienone is 1. The summed E-state index contributed by atoms with van der Waals surface area (Å²) in [5.74, 6) is 1.93. The molecule has 2 aromatic rings. The Morgan fingerprint density at radius 1 is 0.919 bits per heavy atom. The molecule has 1 heterocycles. The maximum absolute atomic E-state index is 12.5. The van der Waals surface area contributed by atoms with E-state index >= 15 is 0 Å². The summed E-state index contributed by atoms with van der Waals surface area (Å²) in [4.78, 5) is 18.0. The summed E-state index contributed by atoms with van der Waals surface area (Å²) in [6.07, 6.45) is 15.5. The Balaban J connectivity index is 1.41. The monoisotopic (exact) mass is 522 g/mol. The molecule has 1 amide bonds. The van der Waals surface area contributed by atoms with Gasteiger partial charge in [-0.25, -0.2) is 0 Å². The predicted octanol–water partition coefficient (Wildman–Crippen LogP) is 8.91. The van der Waals surface area contributed by atoms with Crippen molar-refractivity contribution in [2.45, 2.75) is 98.1 Å². The quantitative estimate of drug-likeness (QED) is 0.194. The number of thioether (sulfide) groups is 1. The van der Waals surface area contributed by atoms with Gasteiger partial charge in [0, 0.05) is 25.4 Å². The number of ether oxygens (including phenoxy) is 1. The topological polar surface area (TPSA) is 32.8 Å². The summed E-state index contributed by atoms with van der Waals surface area (Å²) in [5.41, 5.74) is 3.26. The first-order valence-corrected chi connectivity index (χ1v) is 15.2. The van der Waals surface area contributed by atoms with Crippen molar-refractivity contribution in [2.24, 2.45) is 0 Å². The van der Waals surface area contributed by atoms with E-state index in [-0.39, 0.29) is 5.91 Å². The number of carbonyl (C=O) groups excluding carboxylic acids is 1. The number of carbonyl (C=O) groups is 1. The molecular weight excluding hydrogens is 476 g/mol. The van der Waals surface area contributed by atoms with Crippen LogP contribution >= 0.6 is 11.8 Å². The summed E-state index contributed by atoms with van der Waals surface area (Å²) in [5, 5.41) is 0. The smallest absolute Gasteiger partial charge is 0.224 e. The lowest BCUT2D eigenvalue weighted by atomic mass is 10.1. The normalized spacial score (nSPS) is 13.1. The lowest BCUT2D eigenvalue weighted by Crippen LogP contribution is -2.27. The van der Waals surface area contributed by atoms with Crippen LogP contribution in [-0.2, 0) is 17.9 Å². The van der Waals surface area contributed by atoms with Crippen molar-refractivity contribution in [3.05, 3.63) is 70.8 Å². The van der Waals surface area contributed by atoms with Crippen LogP contribution in [0.5, 0.6) is 5.75 Å². The van der Waals surface area contributed by atoms with Gasteiger partial charge in [-0.1, -0.05) is 89.0 Å². The van der Waals surface area contributed by atoms with Crippen molar-refractivity contribution in [1.29, 1.82) is 0 Å². The molecule has 5 heteroatoms. The van der Waals surface area contributed by atoms with Crippen molar-refractivity contribution in [2.75, 3.05) is 17.4 Å². The molecule has 1 aliphatic rings. The molecule has 0 unspecified atom stereocenters. The van der Waals surface area contributed by atoms with Crippen LogP contribution in [0.15, 0.2) is 59.6 Å². The van der Waals surface area contributed by atoms with Crippen LogP contribution in [0.25, 0.3) is 0 Å². The average Bonchev–Trinajstić information content (AvgIpc) is 3.31. The molecular formula is C32H46N2O2S. The highest BCUT2D eigenvalue weighted by Crippen LogP contribution is 2.27. The van der Waals surface area contributed by atoms with Gasteiger partial charge in [0.05, 0.1) is 19.0 Å². The second-order valence-electron chi connectivity index (χ2n) is 10.2. The molecule has 0 atom stereocenters. The molecule has 4 nitrogen and oxygen atoms in total. The Morgan fingerprint density at radius 2 is 1.59 bits per heavy atom. The molecule has 3 rings (SSSR count). The Morgan fingerprint density at radius 3 is 2.22 bits per heavy atom. The fraction of sp³-hybridized carbons (Fsp3) is 0.531. The van der Waals surface area contributed by atoms with E-state index in [0.717, 1.165) is 42.4 Å². The number of hydrogen-bond acceptors (Lipinski definition) is 4. The zero-order chi connectivity index (χ0) is 26.3. The highest BCUT2D eigenvalue weighted by Gasteiger charge is 2.14. The second kappa shape index (κ2) is 16.4. The van der Waals surface area contributed by atoms with Crippen molar-refractivity contribution in [1.82, 2.24) is 4.90 Å². The number of hydrogen-bond donors (Lipinski definition) is 0. The lowest BCUT2D eigenvalue weighted by molar-refractivity contribution is -0.116. The van der Waals surface area contributed by atoms with Gasteiger partial charge >= 0.3 is 0 Å². The van der Waals surface area contributed by atoms with Crippen LogP contribution < -0.4 is 9.64 Å². The number of unbranched alkanes of at least 4 members (excludes halogenated alkanes) is 9. The molecule has 202 valence electrons. The molecule has 0 spiro atoms. The fourth-order valence-corrected chi connectivity index (χ4v) is 5.46. The van der Waals surface area contributed by atoms with Crippen LogP contribution in [0.4, 0.5) is 5.69 Å². The van der Waals surface area contributed by atoms with Gasteiger partial charge < -0.3 is 14.5 Å². The average molecular weight is 523 g/mol. The maximum atomic E-state index is 12.5. The molecule has 2 aromatic carbocycles. The lowest BCUT2D eigenvalue weighted by Gasteiger charge is -2.22. The van der Waals surface area contributed by atoms with Gasteiger partial charge in [0.2, 0.25) is 5.91 Å². The third-order valence-electron chi connectivity index (χ3n) is 6.84. The van der Waals surface area contributed by atoms with Gasteiger partial charge in [0.15, 0.2) is 0 Å². The molecule has 0 saturated carbocycles. The van der Waals surface area contributed by atoms with E-state index in [2.05, 4.69) is 61.3 Å². The Labute approximate surface area is 229 Å². The summed E-state index contributed by atoms with van der Waals surface area (Å²) >= 11 is 1.88. The summed E-state index contributed by atoms with van der Waals surface area (Å²) < 4.78 is 6.04. The minimum Gasteiger partial charge on any atom is -0.494 e. The van der Waals surface area contributed by atoms with Crippen molar-refractivity contribution >= 4 is 23.4 Å². The van der Waals surface area contributed by atoms with Gasteiger partial charge in [-0.2, -0.15) is 0 Å². The zero-order valence-corrected chi connectivity index (χ0v) is 24.0. The third-order valence-corrected chi connectivity index (χ3v) is 7.86. The second-order valence-corrected chi connectivity index (χ2v) is 11.4. The maximum Gasteiger partial charge on any atom is 0.224 e. The Hall–Kier alpha value is -2.40. The SMILES string of the molecule is CCCCCCCCCCCCOc1cccc(CN(C(C)=O)c2ccc(CN3C=C(C)SC3)cc2)c1. The molecule has 37 heavy (non-hydrogen) atoms. The van der Waals surface area contributed by atoms with E-state index in [1.807, 2.05) is 28.8 Å². The van der Waals surface area contributed by atoms with Gasteiger partial charge in [-0.15, -0.1) is 11.8 Å². The number of nitrogens with zero attached hydrogens (tertiary/aromatic N) is 2. The van der Waals surface area contributed by atoms with E-state index in [1.54, 1.807) is 6.92 Å². The summed E-state index contributed by atoms with van der Waals surface area (Å²) in [6, 6.07) is 16.5. The Bertz CT molecular complexity index is 973. The fourth-order valence-electron chi connectivity index (χ4n) is 4.70. The predicted molar refractivity (Wildman–Crippen MR) is 159 cm³/mol. The molecule has 0 radical (unpaired) electrons. The van der Waals surface area contributed by atoms with Gasteiger partial charge in [-0.3, -0.25) is 4.79 Å². The highest BCUT2D eigenvalue weighted by molar-refractivity contribution is 8.03.